The Morgan fingerprint density at radius 1 is 1.28 bits per heavy atom. The van der Waals surface area contributed by atoms with Gasteiger partial charge in [0.05, 0.1) is 12.7 Å². The van der Waals surface area contributed by atoms with Gasteiger partial charge < -0.3 is 23.9 Å². The van der Waals surface area contributed by atoms with Gasteiger partial charge in [-0.15, -0.1) is 0 Å². The first kappa shape index (κ1) is 17.1. The van der Waals surface area contributed by atoms with E-state index in [0.29, 0.717) is 30.7 Å². The van der Waals surface area contributed by atoms with Gasteiger partial charge in [-0.3, -0.25) is 0 Å². The zero-order valence-electron chi connectivity index (χ0n) is 14.2. The number of hydrogen-bond donors (Lipinski definition) is 1. The normalized spacial score (nSPS) is 16.4. The second-order valence-electron chi connectivity index (χ2n) is 5.61. The van der Waals surface area contributed by atoms with Crippen LogP contribution in [-0.4, -0.2) is 30.8 Å². The highest BCUT2D eigenvalue weighted by Crippen LogP contribution is 2.21. The molecule has 0 aliphatic carbocycles. The lowest BCUT2D eigenvalue weighted by Crippen LogP contribution is -2.18. The van der Waals surface area contributed by atoms with Crippen molar-refractivity contribution in [3.8, 4) is 17.6 Å². The number of nitriles is 1. The van der Waals surface area contributed by atoms with Gasteiger partial charge in [-0.1, -0.05) is 0 Å². The minimum Gasteiger partial charge on any atom is -0.494 e. The van der Waals surface area contributed by atoms with E-state index in [4.69, 9.17) is 18.6 Å². The smallest absolute Gasteiger partial charge is 0.236 e. The number of anilines is 1. The molecule has 1 aliphatic rings. The molecule has 2 aromatic rings. The van der Waals surface area contributed by atoms with Crippen molar-refractivity contribution in [2.75, 3.05) is 25.1 Å². The van der Waals surface area contributed by atoms with Gasteiger partial charge in [0.1, 0.15) is 17.6 Å². The monoisotopic (exact) mass is 343 g/mol. The number of ether oxygens (including phenoxy) is 3. The van der Waals surface area contributed by atoms with Gasteiger partial charge in [-0.05, 0) is 44.0 Å². The molecule has 0 bridgehead atoms. The largest absolute Gasteiger partial charge is 0.494 e. The van der Waals surface area contributed by atoms with Crippen molar-refractivity contribution in [1.82, 2.24) is 4.98 Å². The average molecular weight is 343 g/mol. The van der Waals surface area contributed by atoms with Crippen LogP contribution in [0.3, 0.4) is 0 Å². The number of nitrogens with one attached hydrogen (secondary N) is 1. The molecule has 0 radical (unpaired) electrons. The lowest BCUT2D eigenvalue weighted by Gasteiger charge is -2.09. The van der Waals surface area contributed by atoms with E-state index in [1.54, 1.807) is 0 Å². The molecule has 0 amide bonds. The second-order valence-corrected chi connectivity index (χ2v) is 5.61. The molecule has 7 nitrogen and oxygen atoms in total. The van der Waals surface area contributed by atoms with Gasteiger partial charge >= 0.3 is 0 Å². The summed E-state index contributed by atoms with van der Waals surface area (Å²) in [4.78, 5) is 4.16. The minimum absolute atomic E-state index is 0.143. The molecule has 1 saturated heterocycles. The van der Waals surface area contributed by atoms with Crippen LogP contribution in [0.4, 0.5) is 5.88 Å². The Labute approximate surface area is 146 Å². The van der Waals surface area contributed by atoms with Gasteiger partial charge in [0.15, 0.2) is 6.61 Å². The Balaban J connectivity index is 1.55. The van der Waals surface area contributed by atoms with Crippen LogP contribution < -0.4 is 14.8 Å². The first-order chi connectivity index (χ1) is 12.3. The fraction of sp³-hybridized carbons (Fsp3) is 0.444. The summed E-state index contributed by atoms with van der Waals surface area (Å²) in [5.74, 6) is 2.18. The van der Waals surface area contributed by atoms with Crippen molar-refractivity contribution in [2.45, 2.75) is 32.5 Å². The number of hydrogen-bond acceptors (Lipinski definition) is 7. The molecule has 1 aliphatic heterocycles. The Morgan fingerprint density at radius 2 is 2.04 bits per heavy atom. The molecule has 1 atom stereocenters. The van der Waals surface area contributed by atoms with Crippen molar-refractivity contribution in [1.29, 1.82) is 5.26 Å². The van der Waals surface area contributed by atoms with Crippen LogP contribution in [0.1, 0.15) is 31.4 Å². The van der Waals surface area contributed by atoms with Gasteiger partial charge in [-0.25, -0.2) is 0 Å². The number of nitrogens with zero attached hydrogens (tertiary/aromatic N) is 2. The van der Waals surface area contributed by atoms with Crippen LogP contribution in [0.2, 0.25) is 0 Å². The highest BCUT2D eigenvalue weighted by molar-refractivity contribution is 5.45. The summed E-state index contributed by atoms with van der Waals surface area (Å²) < 4.78 is 22.2. The molecular weight excluding hydrogens is 322 g/mol. The molecule has 0 spiro atoms. The van der Waals surface area contributed by atoms with Crippen LogP contribution in [0.5, 0.6) is 11.5 Å². The average Bonchev–Trinajstić information content (AvgIpc) is 3.29. The fourth-order valence-corrected chi connectivity index (χ4v) is 2.58. The Kier molecular flexibility index (Phi) is 5.75. The topological polar surface area (TPSA) is 89.5 Å². The van der Waals surface area contributed by atoms with E-state index in [1.807, 2.05) is 37.3 Å². The number of aromatic nitrogens is 1. The fourth-order valence-electron chi connectivity index (χ4n) is 2.58. The maximum atomic E-state index is 9.19. The van der Waals surface area contributed by atoms with E-state index >= 15 is 0 Å². The summed E-state index contributed by atoms with van der Waals surface area (Å²) in [7, 11) is 0. The predicted molar refractivity (Wildman–Crippen MR) is 90.6 cm³/mol. The third-order valence-corrected chi connectivity index (χ3v) is 3.79. The molecule has 3 rings (SSSR count). The van der Waals surface area contributed by atoms with Crippen LogP contribution >= 0.6 is 0 Å². The molecule has 0 saturated carbocycles. The standard InChI is InChI=1S/C18H21N3O4/c1-2-22-13-5-7-14(8-6-13)24-12-17-21-16(10-19)18(25-17)20-11-15-4-3-9-23-15/h5-8,15,20H,2-4,9,11-12H2,1H3. The SMILES string of the molecule is CCOc1ccc(OCc2nc(C#N)c(NCC3CCCO3)o2)cc1. The first-order valence-electron chi connectivity index (χ1n) is 8.39. The number of rotatable bonds is 8. The molecule has 1 N–H and O–H groups in total. The molecule has 2 heterocycles. The van der Waals surface area contributed by atoms with E-state index < -0.39 is 0 Å². The Morgan fingerprint density at radius 3 is 2.68 bits per heavy atom. The maximum absolute atomic E-state index is 9.19. The molecule has 1 aromatic carbocycles. The Bertz CT molecular complexity index is 715. The third kappa shape index (κ3) is 4.64. The number of benzene rings is 1. The molecule has 7 heteroatoms. The van der Waals surface area contributed by atoms with Gasteiger partial charge in [0, 0.05) is 13.2 Å². The van der Waals surface area contributed by atoms with Crippen LogP contribution in [0.25, 0.3) is 0 Å². The maximum Gasteiger partial charge on any atom is 0.236 e. The van der Waals surface area contributed by atoms with Crippen molar-refractivity contribution in [3.05, 3.63) is 35.9 Å². The lowest BCUT2D eigenvalue weighted by atomic mass is 10.2. The van der Waals surface area contributed by atoms with Crippen molar-refractivity contribution < 1.29 is 18.6 Å². The zero-order chi connectivity index (χ0) is 17.5. The van der Waals surface area contributed by atoms with Crippen molar-refractivity contribution >= 4 is 5.88 Å². The van der Waals surface area contributed by atoms with E-state index in [1.165, 1.54) is 0 Å². The first-order valence-corrected chi connectivity index (χ1v) is 8.39. The second kappa shape index (κ2) is 8.40. The van der Waals surface area contributed by atoms with Crippen LogP contribution in [0, 0.1) is 11.3 Å². The lowest BCUT2D eigenvalue weighted by molar-refractivity contribution is 0.120. The summed E-state index contributed by atoms with van der Waals surface area (Å²) in [6.45, 7) is 4.09. The van der Waals surface area contributed by atoms with Crippen LogP contribution in [0.15, 0.2) is 28.7 Å². The van der Waals surface area contributed by atoms with Crippen LogP contribution in [-0.2, 0) is 11.3 Å². The zero-order valence-corrected chi connectivity index (χ0v) is 14.2. The highest BCUT2D eigenvalue weighted by Gasteiger charge is 2.18. The molecule has 1 unspecified atom stereocenters. The minimum atomic E-state index is 0.143. The summed E-state index contributed by atoms with van der Waals surface area (Å²) in [6, 6.07) is 9.34. The summed E-state index contributed by atoms with van der Waals surface area (Å²) >= 11 is 0. The van der Waals surface area contributed by atoms with Gasteiger partial charge in [-0.2, -0.15) is 10.2 Å². The molecule has 1 aromatic heterocycles. The van der Waals surface area contributed by atoms with Gasteiger partial charge in [0.2, 0.25) is 17.5 Å². The van der Waals surface area contributed by atoms with E-state index in [9.17, 15) is 5.26 Å². The Hall–Kier alpha value is -2.72. The highest BCUT2D eigenvalue weighted by atomic mass is 16.5. The van der Waals surface area contributed by atoms with E-state index in [0.717, 1.165) is 25.2 Å². The van der Waals surface area contributed by atoms with Crippen molar-refractivity contribution in [2.24, 2.45) is 0 Å². The molecular formula is C18H21N3O4. The van der Waals surface area contributed by atoms with E-state index in [-0.39, 0.29) is 18.4 Å². The summed E-state index contributed by atoms with van der Waals surface area (Å²) in [5, 5.41) is 12.3. The molecule has 25 heavy (non-hydrogen) atoms. The summed E-state index contributed by atoms with van der Waals surface area (Å²) in [6.07, 6.45) is 2.23. The number of oxazole rings is 1. The molecule has 1 fully saturated rings. The van der Waals surface area contributed by atoms with Crippen molar-refractivity contribution in [3.63, 3.8) is 0 Å². The van der Waals surface area contributed by atoms with E-state index in [2.05, 4.69) is 10.3 Å². The van der Waals surface area contributed by atoms with Gasteiger partial charge in [0.25, 0.3) is 0 Å². The summed E-state index contributed by atoms with van der Waals surface area (Å²) in [5.41, 5.74) is 0.225. The quantitative estimate of drug-likeness (QED) is 0.787. The predicted octanol–water partition coefficient (Wildman–Crippen LogP) is 3.11. The molecule has 132 valence electrons. The third-order valence-electron chi connectivity index (χ3n) is 3.79.